The van der Waals surface area contributed by atoms with Crippen LogP contribution in [0.3, 0.4) is 0 Å². The first kappa shape index (κ1) is 11.6. The van der Waals surface area contributed by atoms with Crippen molar-refractivity contribution >= 4 is 5.78 Å². The molecular formula is C17H14O4. The molecule has 1 aromatic carbocycles. The second kappa shape index (κ2) is 3.98. The quantitative estimate of drug-likeness (QED) is 0.795. The van der Waals surface area contributed by atoms with E-state index >= 15 is 0 Å². The first-order valence-electron chi connectivity index (χ1n) is 7.34. The lowest BCUT2D eigenvalue weighted by molar-refractivity contribution is -0.130. The molecule has 3 aliphatic heterocycles. The fourth-order valence-electron chi connectivity index (χ4n) is 3.46. The lowest BCUT2D eigenvalue weighted by atomic mass is 9.92. The van der Waals surface area contributed by atoms with E-state index in [1.54, 1.807) is 0 Å². The highest BCUT2D eigenvalue weighted by Crippen LogP contribution is 2.49. The molecule has 4 unspecified atom stereocenters. The maximum absolute atomic E-state index is 12.4. The van der Waals surface area contributed by atoms with E-state index in [-0.39, 0.29) is 24.1 Å². The maximum atomic E-state index is 12.4. The van der Waals surface area contributed by atoms with Gasteiger partial charge in [-0.05, 0) is 18.4 Å². The lowest BCUT2D eigenvalue weighted by Crippen LogP contribution is -2.37. The van der Waals surface area contributed by atoms with Crippen molar-refractivity contribution in [3.8, 4) is 0 Å². The Morgan fingerprint density at radius 3 is 2.71 bits per heavy atom. The van der Waals surface area contributed by atoms with Gasteiger partial charge in [-0.25, -0.2) is 0 Å². The number of benzene rings is 1. The molecule has 21 heavy (non-hydrogen) atoms. The van der Waals surface area contributed by atoms with Crippen molar-refractivity contribution < 1.29 is 19.0 Å². The molecule has 0 aromatic heterocycles. The Kier molecular flexibility index (Phi) is 2.19. The van der Waals surface area contributed by atoms with Crippen LogP contribution in [0, 0.1) is 0 Å². The molecule has 4 heteroatoms. The Morgan fingerprint density at radius 2 is 1.86 bits per heavy atom. The van der Waals surface area contributed by atoms with Gasteiger partial charge < -0.3 is 14.2 Å². The second-order valence-corrected chi connectivity index (χ2v) is 5.89. The van der Waals surface area contributed by atoms with Gasteiger partial charge >= 0.3 is 0 Å². The van der Waals surface area contributed by atoms with E-state index in [1.807, 2.05) is 24.3 Å². The third-order valence-electron chi connectivity index (χ3n) is 4.58. The van der Waals surface area contributed by atoms with E-state index in [0.717, 1.165) is 18.6 Å². The molecule has 5 rings (SSSR count). The van der Waals surface area contributed by atoms with Crippen molar-refractivity contribution in [2.75, 3.05) is 0 Å². The van der Waals surface area contributed by atoms with Crippen LogP contribution >= 0.6 is 0 Å². The molecule has 3 heterocycles. The van der Waals surface area contributed by atoms with Crippen LogP contribution < -0.4 is 0 Å². The molecule has 106 valence electrons. The molecule has 4 atom stereocenters. The highest BCUT2D eigenvalue weighted by molar-refractivity contribution is 6.04. The maximum Gasteiger partial charge on any atom is 0.197 e. The number of carbonyl (C=O) groups is 1. The molecule has 2 saturated heterocycles. The fraction of sp³-hybridized carbons (Fsp3) is 0.353. The predicted octanol–water partition coefficient (Wildman–Crippen LogP) is 1.90. The first-order valence-corrected chi connectivity index (χ1v) is 7.34. The smallest absolute Gasteiger partial charge is 0.197 e. The number of rotatable bonds is 3. The minimum atomic E-state index is -0.464. The second-order valence-electron chi connectivity index (χ2n) is 5.89. The van der Waals surface area contributed by atoms with Crippen molar-refractivity contribution in [3.05, 3.63) is 59.1 Å². The average molecular weight is 282 g/mol. The third kappa shape index (κ3) is 1.62. The summed E-state index contributed by atoms with van der Waals surface area (Å²) in [4.78, 5) is 12.4. The molecule has 2 bridgehead atoms. The standard InChI is InChI=1S/C17H14O4/c18-14-13-11-8-12-16(20-12)17(13)21-15(14)10(19-11)7-6-9-4-2-1-3-5-9/h1-5,8,10,15-17H,6-7H2. The van der Waals surface area contributed by atoms with E-state index < -0.39 is 6.10 Å². The van der Waals surface area contributed by atoms with Gasteiger partial charge in [0.05, 0.1) is 5.57 Å². The van der Waals surface area contributed by atoms with Crippen LogP contribution in [0.15, 0.2) is 53.5 Å². The van der Waals surface area contributed by atoms with Crippen LogP contribution in [0.5, 0.6) is 0 Å². The van der Waals surface area contributed by atoms with Crippen molar-refractivity contribution in [2.45, 2.75) is 37.3 Å². The van der Waals surface area contributed by atoms with Crippen LogP contribution in [0.4, 0.5) is 0 Å². The number of hydrogen-bond donors (Lipinski definition) is 0. The summed E-state index contributed by atoms with van der Waals surface area (Å²) in [5.74, 6) is 1.64. The number of aryl methyl sites for hydroxylation is 1. The summed E-state index contributed by atoms with van der Waals surface area (Å²) in [7, 11) is 0. The van der Waals surface area contributed by atoms with Gasteiger partial charge in [0.25, 0.3) is 0 Å². The van der Waals surface area contributed by atoms with Crippen molar-refractivity contribution in [2.24, 2.45) is 0 Å². The molecule has 1 aromatic rings. The topological polar surface area (TPSA) is 48.1 Å². The number of Topliss-reactive ketones (excluding diaryl/α,β-unsaturated/α-hetero) is 1. The summed E-state index contributed by atoms with van der Waals surface area (Å²) in [5, 5.41) is 0. The fourth-order valence-corrected chi connectivity index (χ4v) is 3.46. The summed E-state index contributed by atoms with van der Waals surface area (Å²) in [6.07, 6.45) is 2.56. The van der Waals surface area contributed by atoms with Gasteiger partial charge in [-0.2, -0.15) is 0 Å². The van der Waals surface area contributed by atoms with Crippen molar-refractivity contribution in [3.63, 3.8) is 0 Å². The van der Waals surface area contributed by atoms with E-state index in [0.29, 0.717) is 11.3 Å². The lowest BCUT2D eigenvalue weighted by Gasteiger charge is -2.26. The number of carbonyl (C=O) groups excluding carboxylic acids is 1. The molecule has 2 fully saturated rings. The summed E-state index contributed by atoms with van der Waals surface area (Å²) in [6.45, 7) is 0. The molecular weight excluding hydrogens is 268 g/mol. The Balaban J connectivity index is 1.39. The van der Waals surface area contributed by atoms with Crippen LogP contribution in [-0.2, 0) is 25.4 Å². The Morgan fingerprint density at radius 1 is 1.00 bits per heavy atom. The summed E-state index contributed by atoms with van der Waals surface area (Å²) in [5.41, 5.74) is 1.93. The highest BCUT2D eigenvalue weighted by Gasteiger charge is 2.59. The number of ether oxygens (including phenoxy) is 3. The zero-order valence-corrected chi connectivity index (χ0v) is 11.3. The number of hydrogen-bond acceptors (Lipinski definition) is 4. The largest absolute Gasteiger partial charge is 0.487 e. The zero-order chi connectivity index (χ0) is 14.0. The van der Waals surface area contributed by atoms with Crippen LogP contribution in [0.1, 0.15) is 12.0 Å². The minimum Gasteiger partial charge on any atom is -0.487 e. The molecule has 0 amide bonds. The molecule has 1 aliphatic carbocycles. The first-order chi connectivity index (χ1) is 10.3. The minimum absolute atomic E-state index is 0.0471. The van der Waals surface area contributed by atoms with E-state index in [2.05, 4.69) is 12.1 Å². The Labute approximate surface area is 122 Å². The number of allylic oxidation sites excluding steroid dienone is 1. The zero-order valence-electron chi connectivity index (χ0n) is 11.3. The normalized spacial score (nSPS) is 34.9. The van der Waals surface area contributed by atoms with E-state index in [9.17, 15) is 4.79 Å². The van der Waals surface area contributed by atoms with Crippen LogP contribution in [0.2, 0.25) is 0 Å². The molecule has 4 nitrogen and oxygen atoms in total. The van der Waals surface area contributed by atoms with Gasteiger partial charge in [-0.15, -0.1) is 0 Å². The molecule has 4 aliphatic rings. The summed E-state index contributed by atoms with van der Waals surface area (Å²) >= 11 is 0. The van der Waals surface area contributed by atoms with E-state index in [4.69, 9.17) is 14.2 Å². The number of epoxide rings is 1. The van der Waals surface area contributed by atoms with Gasteiger partial charge in [0, 0.05) is 6.08 Å². The molecule has 0 spiro atoms. The van der Waals surface area contributed by atoms with Gasteiger partial charge in [0.1, 0.15) is 23.7 Å². The van der Waals surface area contributed by atoms with E-state index in [1.165, 1.54) is 5.56 Å². The third-order valence-corrected chi connectivity index (χ3v) is 4.58. The summed E-state index contributed by atoms with van der Waals surface area (Å²) in [6, 6.07) is 10.2. The van der Waals surface area contributed by atoms with Crippen LogP contribution in [0.25, 0.3) is 0 Å². The molecule has 0 radical (unpaired) electrons. The van der Waals surface area contributed by atoms with Crippen molar-refractivity contribution in [1.29, 1.82) is 0 Å². The van der Waals surface area contributed by atoms with Gasteiger partial charge in [0.2, 0.25) is 0 Å². The van der Waals surface area contributed by atoms with Crippen LogP contribution in [-0.4, -0.2) is 30.2 Å². The monoisotopic (exact) mass is 282 g/mol. The highest BCUT2D eigenvalue weighted by atomic mass is 16.6. The summed E-state index contributed by atoms with van der Waals surface area (Å²) < 4.78 is 17.4. The molecule has 0 saturated carbocycles. The van der Waals surface area contributed by atoms with Gasteiger partial charge in [-0.1, -0.05) is 30.3 Å². The molecule has 0 N–H and O–H groups in total. The average Bonchev–Trinajstić information content (AvgIpc) is 3.22. The SMILES string of the molecule is O=C1C2=C3C=C4OC4C2OC1C(CCc1ccccc1)O3. The Hall–Kier alpha value is -2.07. The number of fused-ring (bicyclic) bond motifs is 3. The predicted molar refractivity (Wildman–Crippen MR) is 73.3 cm³/mol. The van der Waals surface area contributed by atoms with Gasteiger partial charge in [0.15, 0.2) is 18.0 Å². The number of ketones is 1. The Bertz CT molecular complexity index is 688. The van der Waals surface area contributed by atoms with Gasteiger partial charge in [-0.3, -0.25) is 4.79 Å². The van der Waals surface area contributed by atoms with Crippen molar-refractivity contribution in [1.82, 2.24) is 0 Å².